The molecule has 2 N–H and O–H groups in total. The van der Waals surface area contributed by atoms with Crippen molar-refractivity contribution in [2.45, 2.75) is 6.61 Å². The van der Waals surface area contributed by atoms with Crippen LogP contribution < -0.4 is 15.0 Å². The zero-order valence-electron chi connectivity index (χ0n) is 18.1. The van der Waals surface area contributed by atoms with Crippen molar-refractivity contribution in [2.24, 2.45) is 0 Å². The van der Waals surface area contributed by atoms with Gasteiger partial charge in [-0.05, 0) is 76.1 Å². The van der Waals surface area contributed by atoms with Gasteiger partial charge in [0, 0.05) is 15.1 Å². The zero-order chi connectivity index (χ0) is 26.0. The number of carboxylic acids is 1. The fourth-order valence-electron chi connectivity index (χ4n) is 3.38. The molecule has 3 aromatic rings. The van der Waals surface area contributed by atoms with E-state index in [1.54, 1.807) is 24.3 Å². The van der Waals surface area contributed by atoms with Gasteiger partial charge in [-0.2, -0.15) is 0 Å². The molecular formula is C25H15Br2ClN2O6. The summed E-state index contributed by atoms with van der Waals surface area (Å²) < 4.78 is 7.16. The van der Waals surface area contributed by atoms with Gasteiger partial charge in [-0.3, -0.25) is 14.9 Å². The first-order valence-electron chi connectivity index (χ1n) is 10.2. The maximum atomic E-state index is 13.2. The largest absolute Gasteiger partial charge is 0.487 e. The summed E-state index contributed by atoms with van der Waals surface area (Å²) in [5, 5.41) is 11.7. The van der Waals surface area contributed by atoms with Crippen LogP contribution in [0, 0.1) is 0 Å². The molecule has 11 heteroatoms. The Kier molecular flexibility index (Phi) is 7.58. The molecule has 1 saturated heterocycles. The lowest BCUT2D eigenvalue weighted by atomic mass is 10.1. The highest BCUT2D eigenvalue weighted by Gasteiger charge is 2.37. The van der Waals surface area contributed by atoms with Crippen LogP contribution in [-0.4, -0.2) is 28.9 Å². The van der Waals surface area contributed by atoms with Crippen LogP contribution in [0.25, 0.3) is 6.08 Å². The monoisotopic (exact) mass is 632 g/mol. The van der Waals surface area contributed by atoms with Crippen molar-refractivity contribution in [1.82, 2.24) is 5.32 Å². The van der Waals surface area contributed by atoms with Gasteiger partial charge in [-0.1, -0.05) is 39.7 Å². The molecule has 4 amide bonds. The average molecular weight is 635 g/mol. The lowest BCUT2D eigenvalue weighted by molar-refractivity contribution is -0.122. The molecule has 1 heterocycles. The van der Waals surface area contributed by atoms with Gasteiger partial charge in [0.2, 0.25) is 0 Å². The fraction of sp³-hybridized carbons (Fsp3) is 0.0400. The van der Waals surface area contributed by atoms with Crippen molar-refractivity contribution in [3.05, 3.63) is 96.9 Å². The van der Waals surface area contributed by atoms with Gasteiger partial charge in [0.25, 0.3) is 11.8 Å². The normalized spacial score (nSPS) is 14.7. The number of urea groups is 1. The van der Waals surface area contributed by atoms with Gasteiger partial charge < -0.3 is 9.84 Å². The molecule has 0 aliphatic carbocycles. The number of barbiturate groups is 1. The number of amides is 4. The zero-order valence-corrected chi connectivity index (χ0v) is 22.1. The summed E-state index contributed by atoms with van der Waals surface area (Å²) in [6, 6.07) is 14.7. The van der Waals surface area contributed by atoms with Gasteiger partial charge in [-0.15, -0.1) is 0 Å². The molecule has 4 rings (SSSR count). The highest BCUT2D eigenvalue weighted by atomic mass is 79.9. The van der Waals surface area contributed by atoms with E-state index in [1.165, 1.54) is 42.5 Å². The summed E-state index contributed by atoms with van der Waals surface area (Å²) in [5.41, 5.74) is 1.22. The van der Waals surface area contributed by atoms with Crippen LogP contribution in [0.1, 0.15) is 21.5 Å². The molecule has 0 unspecified atom stereocenters. The maximum absolute atomic E-state index is 13.2. The third-order valence-electron chi connectivity index (χ3n) is 5.11. The highest BCUT2D eigenvalue weighted by Crippen LogP contribution is 2.35. The van der Waals surface area contributed by atoms with Crippen LogP contribution in [0.5, 0.6) is 5.75 Å². The Morgan fingerprint density at radius 3 is 2.33 bits per heavy atom. The quantitative estimate of drug-likeness (QED) is 0.262. The van der Waals surface area contributed by atoms with Crippen LogP contribution in [0.2, 0.25) is 5.02 Å². The molecule has 0 radical (unpaired) electrons. The molecule has 8 nitrogen and oxygen atoms in total. The fourth-order valence-corrected chi connectivity index (χ4v) is 4.88. The standard InChI is InChI=1S/C25H15Br2ClN2O6/c26-16-9-15(21(20(27)11-16)36-12-13-1-3-14(4-2-13)24(33)34)10-19-22(31)29-25(35)30(23(19)32)18-7-5-17(28)6-8-18/h1-11H,12H2,(H,33,34)(H,29,31,35)/b19-10+. The third-order valence-corrected chi connectivity index (χ3v) is 6.41. The predicted molar refractivity (Wildman–Crippen MR) is 140 cm³/mol. The average Bonchev–Trinajstić information content (AvgIpc) is 2.82. The first-order valence-corrected chi connectivity index (χ1v) is 12.2. The van der Waals surface area contributed by atoms with E-state index in [2.05, 4.69) is 37.2 Å². The van der Waals surface area contributed by atoms with E-state index in [0.717, 1.165) is 4.90 Å². The van der Waals surface area contributed by atoms with Crippen molar-refractivity contribution < 1.29 is 29.0 Å². The molecule has 0 bridgehead atoms. The second-order valence-electron chi connectivity index (χ2n) is 7.53. The Labute approximate surface area is 226 Å². The second-order valence-corrected chi connectivity index (χ2v) is 9.74. The number of imide groups is 2. The van der Waals surface area contributed by atoms with Gasteiger partial charge in [-0.25, -0.2) is 14.5 Å². The Balaban J connectivity index is 1.67. The minimum Gasteiger partial charge on any atom is -0.487 e. The molecule has 0 spiro atoms. The summed E-state index contributed by atoms with van der Waals surface area (Å²) in [7, 11) is 0. The van der Waals surface area contributed by atoms with Crippen molar-refractivity contribution in [1.29, 1.82) is 0 Å². The Bertz CT molecular complexity index is 1420. The number of benzene rings is 3. The first-order chi connectivity index (χ1) is 17.1. The number of halogens is 3. The smallest absolute Gasteiger partial charge is 0.335 e. The molecule has 182 valence electrons. The van der Waals surface area contributed by atoms with E-state index < -0.39 is 23.8 Å². The van der Waals surface area contributed by atoms with E-state index in [1.807, 2.05) is 0 Å². The lowest BCUT2D eigenvalue weighted by Gasteiger charge is -2.26. The lowest BCUT2D eigenvalue weighted by Crippen LogP contribution is -2.54. The molecule has 0 saturated carbocycles. The minimum atomic E-state index is -1.03. The van der Waals surface area contributed by atoms with Crippen LogP contribution in [0.4, 0.5) is 10.5 Å². The van der Waals surface area contributed by atoms with Gasteiger partial charge in [0.05, 0.1) is 15.7 Å². The number of carbonyl (C=O) groups is 4. The summed E-state index contributed by atoms with van der Waals surface area (Å²) in [6.07, 6.45) is 1.34. The second kappa shape index (κ2) is 10.7. The topological polar surface area (TPSA) is 113 Å². The number of anilines is 1. The number of nitrogens with one attached hydrogen (secondary N) is 1. The van der Waals surface area contributed by atoms with Crippen molar-refractivity contribution in [3.63, 3.8) is 0 Å². The molecule has 0 atom stereocenters. The van der Waals surface area contributed by atoms with Crippen LogP contribution in [-0.2, 0) is 16.2 Å². The molecule has 3 aromatic carbocycles. The number of ether oxygens (including phenoxy) is 1. The number of nitrogens with zero attached hydrogens (tertiary/aromatic N) is 1. The molecular weight excluding hydrogens is 620 g/mol. The van der Waals surface area contributed by atoms with E-state index in [-0.39, 0.29) is 23.4 Å². The molecule has 1 aliphatic rings. The van der Waals surface area contributed by atoms with Crippen LogP contribution in [0.3, 0.4) is 0 Å². The maximum Gasteiger partial charge on any atom is 0.335 e. The number of rotatable bonds is 6. The third kappa shape index (κ3) is 5.51. The van der Waals surface area contributed by atoms with E-state index in [9.17, 15) is 19.2 Å². The van der Waals surface area contributed by atoms with E-state index in [0.29, 0.717) is 30.8 Å². The van der Waals surface area contributed by atoms with Crippen molar-refractivity contribution >= 4 is 79.0 Å². The highest BCUT2D eigenvalue weighted by molar-refractivity contribution is 9.11. The van der Waals surface area contributed by atoms with Crippen molar-refractivity contribution in [2.75, 3.05) is 4.90 Å². The molecule has 36 heavy (non-hydrogen) atoms. The summed E-state index contributed by atoms with van der Waals surface area (Å²) in [4.78, 5) is 50.2. The summed E-state index contributed by atoms with van der Waals surface area (Å²) >= 11 is 12.7. The first kappa shape index (κ1) is 25.6. The predicted octanol–water partition coefficient (Wildman–Crippen LogP) is 5.81. The van der Waals surface area contributed by atoms with E-state index >= 15 is 0 Å². The van der Waals surface area contributed by atoms with Crippen LogP contribution >= 0.6 is 43.5 Å². The number of hydrogen-bond acceptors (Lipinski definition) is 5. The number of carbonyl (C=O) groups excluding carboxylic acids is 3. The van der Waals surface area contributed by atoms with Gasteiger partial charge in [0.15, 0.2) is 0 Å². The van der Waals surface area contributed by atoms with Gasteiger partial charge in [0.1, 0.15) is 17.9 Å². The Morgan fingerprint density at radius 2 is 1.69 bits per heavy atom. The molecule has 0 aromatic heterocycles. The number of aromatic carboxylic acids is 1. The molecule has 1 aliphatic heterocycles. The summed E-state index contributed by atoms with van der Waals surface area (Å²) in [5.74, 6) is -2.35. The summed E-state index contributed by atoms with van der Waals surface area (Å²) in [6.45, 7) is 0.0891. The SMILES string of the molecule is O=C1NC(=O)N(c2ccc(Cl)cc2)C(=O)/C1=C/c1cc(Br)cc(Br)c1OCc1ccc(C(=O)O)cc1. The Hall–Kier alpha value is -3.47. The van der Waals surface area contributed by atoms with Crippen LogP contribution in [0.15, 0.2) is 75.2 Å². The Morgan fingerprint density at radius 1 is 1.03 bits per heavy atom. The van der Waals surface area contributed by atoms with E-state index in [4.69, 9.17) is 21.4 Å². The number of hydrogen-bond donors (Lipinski definition) is 2. The van der Waals surface area contributed by atoms with Gasteiger partial charge >= 0.3 is 12.0 Å². The minimum absolute atomic E-state index is 0.0891. The van der Waals surface area contributed by atoms with Crippen molar-refractivity contribution in [3.8, 4) is 5.75 Å². The number of carboxylic acid groups (broad SMARTS) is 1. The molecule has 1 fully saturated rings.